The van der Waals surface area contributed by atoms with Crippen LogP contribution >= 0.6 is 0 Å². The first-order chi connectivity index (χ1) is 9.72. The van der Waals surface area contributed by atoms with Crippen LogP contribution in [0, 0.1) is 0 Å². The largest absolute Gasteiger partial charge is 0.399 e. The SMILES string of the molecule is CC(O)c1nc2cc(N)ccc2n1C1(C)CCS(=O)(=O)C1. The third-order valence-corrected chi connectivity index (χ3v) is 5.99. The number of anilines is 1. The molecular formula is C14H19N3O3S. The zero-order valence-corrected chi connectivity index (χ0v) is 12.9. The number of benzene rings is 1. The Balaban J connectivity index is 2.28. The van der Waals surface area contributed by atoms with Gasteiger partial charge in [0.25, 0.3) is 0 Å². The van der Waals surface area contributed by atoms with Gasteiger partial charge in [0, 0.05) is 5.69 Å². The molecule has 2 atom stereocenters. The zero-order valence-electron chi connectivity index (χ0n) is 12.1. The molecule has 0 aliphatic carbocycles. The number of sulfone groups is 1. The van der Waals surface area contributed by atoms with Crippen LogP contribution in [0.15, 0.2) is 18.2 Å². The average Bonchev–Trinajstić information content (AvgIpc) is 2.87. The molecular weight excluding hydrogens is 290 g/mol. The van der Waals surface area contributed by atoms with E-state index in [1.807, 2.05) is 17.6 Å². The predicted molar refractivity (Wildman–Crippen MR) is 81.7 cm³/mol. The van der Waals surface area contributed by atoms with E-state index in [-0.39, 0.29) is 11.5 Å². The van der Waals surface area contributed by atoms with E-state index in [1.54, 1.807) is 19.1 Å². The molecule has 0 bridgehead atoms. The van der Waals surface area contributed by atoms with Crippen LogP contribution in [0.3, 0.4) is 0 Å². The van der Waals surface area contributed by atoms with Crippen molar-refractivity contribution < 1.29 is 13.5 Å². The van der Waals surface area contributed by atoms with Crippen LogP contribution in [0.25, 0.3) is 11.0 Å². The van der Waals surface area contributed by atoms with Crippen LogP contribution in [0.2, 0.25) is 0 Å². The van der Waals surface area contributed by atoms with Gasteiger partial charge in [-0.05, 0) is 38.5 Å². The van der Waals surface area contributed by atoms with Gasteiger partial charge < -0.3 is 15.4 Å². The van der Waals surface area contributed by atoms with E-state index in [2.05, 4.69) is 4.98 Å². The van der Waals surface area contributed by atoms with Gasteiger partial charge in [-0.1, -0.05) is 0 Å². The van der Waals surface area contributed by atoms with Crippen molar-refractivity contribution in [2.45, 2.75) is 31.9 Å². The molecule has 2 aromatic rings. The summed E-state index contributed by atoms with van der Waals surface area (Å²) in [5.74, 6) is 0.711. The number of nitrogens with zero attached hydrogens (tertiary/aromatic N) is 2. The number of aromatic nitrogens is 2. The van der Waals surface area contributed by atoms with Crippen molar-refractivity contribution in [1.82, 2.24) is 9.55 Å². The standard InChI is InChI=1S/C14H19N3O3S/c1-9(18)13-16-11-7-10(15)3-4-12(11)17(13)14(2)5-6-21(19,20)8-14/h3-4,7,9,18H,5-6,8,15H2,1-2H3. The lowest BCUT2D eigenvalue weighted by molar-refractivity contribution is 0.174. The van der Waals surface area contributed by atoms with Gasteiger partial charge in [-0.2, -0.15) is 0 Å². The number of nitrogen functional groups attached to an aromatic ring is 1. The summed E-state index contributed by atoms with van der Waals surface area (Å²) in [6.45, 7) is 3.54. The zero-order chi connectivity index (χ0) is 15.4. The van der Waals surface area contributed by atoms with Gasteiger partial charge in [-0.15, -0.1) is 0 Å². The third kappa shape index (κ3) is 2.30. The lowest BCUT2D eigenvalue weighted by atomic mass is 10.0. The van der Waals surface area contributed by atoms with Gasteiger partial charge in [0.15, 0.2) is 9.84 Å². The molecule has 0 amide bonds. The average molecular weight is 309 g/mol. The topological polar surface area (TPSA) is 98.2 Å². The highest BCUT2D eigenvalue weighted by atomic mass is 32.2. The fourth-order valence-corrected chi connectivity index (χ4v) is 5.25. The fraction of sp³-hybridized carbons (Fsp3) is 0.500. The molecule has 7 heteroatoms. The molecule has 1 aliphatic heterocycles. The number of hydrogen-bond donors (Lipinski definition) is 2. The molecule has 3 rings (SSSR count). The number of nitrogens with two attached hydrogens (primary N) is 1. The minimum absolute atomic E-state index is 0.0650. The van der Waals surface area contributed by atoms with E-state index in [9.17, 15) is 13.5 Å². The van der Waals surface area contributed by atoms with Gasteiger partial charge in [0.1, 0.15) is 11.9 Å². The first-order valence-electron chi connectivity index (χ1n) is 6.89. The van der Waals surface area contributed by atoms with E-state index in [1.165, 1.54) is 0 Å². The molecule has 0 saturated carbocycles. The molecule has 0 spiro atoms. The highest BCUT2D eigenvalue weighted by molar-refractivity contribution is 7.91. The second kappa shape index (κ2) is 4.45. The maximum Gasteiger partial charge on any atom is 0.152 e. The second-order valence-corrected chi connectivity index (χ2v) is 8.25. The van der Waals surface area contributed by atoms with Crippen molar-refractivity contribution in [2.75, 3.05) is 17.2 Å². The molecule has 0 radical (unpaired) electrons. The minimum Gasteiger partial charge on any atom is -0.399 e. The van der Waals surface area contributed by atoms with Gasteiger partial charge in [-0.25, -0.2) is 13.4 Å². The van der Waals surface area contributed by atoms with Crippen molar-refractivity contribution in [3.05, 3.63) is 24.0 Å². The van der Waals surface area contributed by atoms with Crippen LogP contribution in [-0.4, -0.2) is 34.6 Å². The summed E-state index contributed by atoms with van der Waals surface area (Å²) < 4.78 is 25.7. The maximum atomic E-state index is 11.9. The van der Waals surface area contributed by atoms with Crippen molar-refractivity contribution in [3.8, 4) is 0 Å². The van der Waals surface area contributed by atoms with E-state index in [0.29, 0.717) is 23.4 Å². The van der Waals surface area contributed by atoms with Crippen molar-refractivity contribution >= 4 is 26.6 Å². The molecule has 114 valence electrons. The molecule has 1 saturated heterocycles. The molecule has 1 aliphatic rings. The Morgan fingerprint density at radius 3 is 2.76 bits per heavy atom. The highest BCUT2D eigenvalue weighted by Crippen LogP contribution is 2.36. The van der Waals surface area contributed by atoms with Gasteiger partial charge >= 0.3 is 0 Å². The smallest absolute Gasteiger partial charge is 0.152 e. The lowest BCUT2D eigenvalue weighted by Crippen LogP contribution is -2.33. The first-order valence-corrected chi connectivity index (χ1v) is 8.71. The number of fused-ring (bicyclic) bond motifs is 1. The van der Waals surface area contributed by atoms with Gasteiger partial charge in [0.05, 0.1) is 28.1 Å². The van der Waals surface area contributed by atoms with Gasteiger partial charge in [-0.3, -0.25) is 0 Å². The summed E-state index contributed by atoms with van der Waals surface area (Å²) in [4.78, 5) is 4.45. The lowest BCUT2D eigenvalue weighted by Gasteiger charge is -2.28. The Kier molecular flexibility index (Phi) is 3.04. The number of rotatable bonds is 2. The molecule has 1 aromatic carbocycles. The summed E-state index contributed by atoms with van der Waals surface area (Å²) in [6.07, 6.45) is -0.260. The van der Waals surface area contributed by atoms with Crippen LogP contribution < -0.4 is 5.73 Å². The second-order valence-electron chi connectivity index (χ2n) is 6.07. The molecule has 1 aromatic heterocycles. The molecule has 3 N–H and O–H groups in total. The van der Waals surface area contributed by atoms with Crippen molar-refractivity contribution in [1.29, 1.82) is 0 Å². The molecule has 6 nitrogen and oxygen atoms in total. The first kappa shape index (κ1) is 14.3. The van der Waals surface area contributed by atoms with Crippen molar-refractivity contribution in [2.24, 2.45) is 0 Å². The summed E-state index contributed by atoms with van der Waals surface area (Å²) in [7, 11) is -3.05. The Bertz CT molecular complexity index is 810. The fourth-order valence-electron chi connectivity index (χ4n) is 3.13. The van der Waals surface area contributed by atoms with Crippen LogP contribution in [0.5, 0.6) is 0 Å². The Morgan fingerprint density at radius 2 is 2.19 bits per heavy atom. The quantitative estimate of drug-likeness (QED) is 0.812. The van der Waals surface area contributed by atoms with E-state index in [0.717, 1.165) is 5.52 Å². The van der Waals surface area contributed by atoms with Crippen LogP contribution in [-0.2, 0) is 15.4 Å². The Hall–Kier alpha value is -1.60. The van der Waals surface area contributed by atoms with Gasteiger partial charge in [0.2, 0.25) is 0 Å². The summed E-state index contributed by atoms with van der Waals surface area (Å²) in [5.41, 5.74) is 7.27. The molecule has 2 unspecified atom stereocenters. The van der Waals surface area contributed by atoms with E-state index in [4.69, 9.17) is 5.73 Å². The monoisotopic (exact) mass is 309 g/mol. The predicted octanol–water partition coefficient (Wildman–Crippen LogP) is 1.21. The maximum absolute atomic E-state index is 11.9. The third-order valence-electron chi connectivity index (χ3n) is 4.10. The molecule has 1 fully saturated rings. The van der Waals surface area contributed by atoms with Crippen LogP contribution in [0.1, 0.15) is 32.2 Å². The minimum atomic E-state index is -3.05. The normalized spacial score (nSPS) is 26.2. The highest BCUT2D eigenvalue weighted by Gasteiger charge is 2.42. The number of aliphatic hydroxyl groups excluding tert-OH is 1. The number of aliphatic hydroxyl groups is 1. The number of imidazole rings is 1. The molecule has 2 heterocycles. The van der Waals surface area contributed by atoms with E-state index < -0.39 is 21.5 Å². The van der Waals surface area contributed by atoms with E-state index >= 15 is 0 Å². The molecule has 21 heavy (non-hydrogen) atoms. The summed E-state index contributed by atoms with van der Waals surface area (Å²) in [6, 6.07) is 5.34. The Morgan fingerprint density at radius 1 is 1.48 bits per heavy atom. The summed E-state index contributed by atoms with van der Waals surface area (Å²) in [5, 5.41) is 10.0. The van der Waals surface area contributed by atoms with Crippen LogP contribution in [0.4, 0.5) is 5.69 Å². The number of hydrogen-bond acceptors (Lipinski definition) is 5. The Labute approximate surface area is 123 Å². The van der Waals surface area contributed by atoms with Crippen molar-refractivity contribution in [3.63, 3.8) is 0 Å². The summed E-state index contributed by atoms with van der Waals surface area (Å²) >= 11 is 0.